The molecule has 1 aliphatic rings. The van der Waals surface area contributed by atoms with Gasteiger partial charge in [-0.2, -0.15) is 0 Å². The minimum absolute atomic E-state index is 0.0737. The van der Waals surface area contributed by atoms with E-state index in [4.69, 9.17) is 27.9 Å². The standard InChI is InChI=1S/C13H14ClNO4.C6H5Cl/c1-18-12(16)6-11-13(17)15-10(7-19-11)8-2-4-9(14)5-3-8;7-6-4-2-1-3-5-6/h2-5,10-11H,6-7H2,1H3,(H,15,17);1-5H. The quantitative estimate of drug-likeness (QED) is 0.802. The fourth-order valence-electron chi connectivity index (χ4n) is 2.27. The Balaban J connectivity index is 0.000000290. The van der Waals surface area contributed by atoms with Crippen LogP contribution in [0.25, 0.3) is 0 Å². The van der Waals surface area contributed by atoms with Gasteiger partial charge >= 0.3 is 5.97 Å². The molecule has 3 rings (SSSR count). The fourth-order valence-corrected chi connectivity index (χ4v) is 2.54. The van der Waals surface area contributed by atoms with E-state index < -0.39 is 12.1 Å². The molecular formula is C19H19Cl2NO4. The van der Waals surface area contributed by atoms with Crippen LogP contribution in [-0.4, -0.2) is 31.7 Å². The number of carbonyl (C=O) groups excluding carboxylic acids is 2. The third-order valence-corrected chi connectivity index (χ3v) is 4.16. The number of esters is 1. The summed E-state index contributed by atoms with van der Waals surface area (Å²) >= 11 is 11.3. The summed E-state index contributed by atoms with van der Waals surface area (Å²) in [5, 5.41) is 4.25. The molecule has 2 aromatic rings. The van der Waals surface area contributed by atoms with Crippen molar-refractivity contribution in [1.29, 1.82) is 0 Å². The van der Waals surface area contributed by atoms with Crippen LogP contribution in [0.1, 0.15) is 18.0 Å². The maximum Gasteiger partial charge on any atom is 0.308 e. The Labute approximate surface area is 162 Å². The number of halogens is 2. The largest absolute Gasteiger partial charge is 0.469 e. The molecule has 2 unspecified atom stereocenters. The molecule has 1 amide bonds. The predicted octanol–water partition coefficient (Wildman–Crippen LogP) is 3.80. The lowest BCUT2D eigenvalue weighted by molar-refractivity contribution is -0.153. The number of ether oxygens (including phenoxy) is 2. The summed E-state index contributed by atoms with van der Waals surface area (Å²) in [5.74, 6) is -0.776. The SMILES string of the molecule is COC(=O)CC1OCC(c2ccc(Cl)cc2)NC1=O.Clc1ccccc1. The third kappa shape index (κ3) is 6.33. The van der Waals surface area contributed by atoms with Gasteiger partial charge in [-0.25, -0.2) is 0 Å². The first-order chi connectivity index (χ1) is 12.5. The fraction of sp³-hybridized carbons (Fsp3) is 0.263. The van der Waals surface area contributed by atoms with Gasteiger partial charge in [0.2, 0.25) is 5.91 Å². The van der Waals surface area contributed by atoms with E-state index in [2.05, 4.69) is 10.1 Å². The van der Waals surface area contributed by atoms with Gasteiger partial charge in [0.25, 0.3) is 0 Å². The van der Waals surface area contributed by atoms with E-state index in [0.29, 0.717) is 11.6 Å². The lowest BCUT2D eigenvalue weighted by atomic mass is 10.1. The number of morpholine rings is 1. The van der Waals surface area contributed by atoms with E-state index in [-0.39, 0.29) is 18.4 Å². The van der Waals surface area contributed by atoms with Gasteiger partial charge in [0, 0.05) is 10.0 Å². The number of hydrogen-bond donors (Lipinski definition) is 1. The van der Waals surface area contributed by atoms with Crippen molar-refractivity contribution in [1.82, 2.24) is 5.32 Å². The monoisotopic (exact) mass is 395 g/mol. The molecule has 2 aromatic carbocycles. The molecule has 1 fully saturated rings. The lowest BCUT2D eigenvalue weighted by Crippen LogP contribution is -2.47. The van der Waals surface area contributed by atoms with Crippen LogP contribution in [-0.2, 0) is 19.1 Å². The average Bonchev–Trinajstić information content (AvgIpc) is 2.65. The number of methoxy groups -OCH3 is 1. The molecule has 5 nitrogen and oxygen atoms in total. The zero-order valence-electron chi connectivity index (χ0n) is 14.2. The number of hydrogen-bond acceptors (Lipinski definition) is 4. The van der Waals surface area contributed by atoms with Gasteiger partial charge in [-0.05, 0) is 29.8 Å². The minimum Gasteiger partial charge on any atom is -0.469 e. The van der Waals surface area contributed by atoms with Gasteiger partial charge in [-0.1, -0.05) is 53.5 Å². The minimum atomic E-state index is -0.781. The van der Waals surface area contributed by atoms with E-state index in [1.807, 2.05) is 42.5 Å². The molecule has 138 valence electrons. The molecule has 0 spiro atoms. The molecule has 0 aliphatic carbocycles. The summed E-state index contributed by atoms with van der Waals surface area (Å²) in [7, 11) is 1.28. The van der Waals surface area contributed by atoms with Crippen LogP contribution in [0.15, 0.2) is 54.6 Å². The van der Waals surface area contributed by atoms with E-state index in [1.165, 1.54) is 7.11 Å². The van der Waals surface area contributed by atoms with E-state index in [0.717, 1.165) is 10.6 Å². The van der Waals surface area contributed by atoms with Gasteiger partial charge in [0.05, 0.1) is 26.2 Å². The second-order valence-electron chi connectivity index (χ2n) is 5.51. The van der Waals surface area contributed by atoms with Crippen molar-refractivity contribution in [2.75, 3.05) is 13.7 Å². The second kappa shape index (κ2) is 10.2. The molecule has 1 saturated heterocycles. The van der Waals surface area contributed by atoms with Gasteiger partial charge in [-0.15, -0.1) is 0 Å². The van der Waals surface area contributed by atoms with Crippen molar-refractivity contribution < 1.29 is 19.1 Å². The molecule has 1 heterocycles. The first kappa shape index (κ1) is 20.2. The summed E-state index contributed by atoms with van der Waals surface area (Å²) < 4.78 is 9.93. The summed E-state index contributed by atoms with van der Waals surface area (Å²) in [4.78, 5) is 22.9. The molecular weight excluding hydrogens is 377 g/mol. The van der Waals surface area contributed by atoms with Crippen molar-refractivity contribution in [2.45, 2.75) is 18.6 Å². The zero-order chi connectivity index (χ0) is 18.9. The van der Waals surface area contributed by atoms with Crippen LogP contribution in [0.3, 0.4) is 0 Å². The number of amides is 1. The Kier molecular flexibility index (Phi) is 7.91. The van der Waals surface area contributed by atoms with Crippen molar-refractivity contribution in [2.24, 2.45) is 0 Å². The van der Waals surface area contributed by atoms with Crippen molar-refractivity contribution in [3.8, 4) is 0 Å². The molecule has 0 aromatic heterocycles. The Morgan fingerprint density at radius 1 is 1.12 bits per heavy atom. The maximum atomic E-state index is 11.8. The van der Waals surface area contributed by atoms with Gasteiger partial charge in [0.1, 0.15) is 6.10 Å². The summed E-state index contributed by atoms with van der Waals surface area (Å²) in [6.45, 7) is 0.315. The molecule has 2 atom stereocenters. The Hall–Kier alpha value is -2.08. The van der Waals surface area contributed by atoms with Crippen molar-refractivity contribution >= 4 is 35.1 Å². The number of rotatable bonds is 3. The molecule has 0 radical (unpaired) electrons. The smallest absolute Gasteiger partial charge is 0.308 e. The number of benzene rings is 2. The highest BCUT2D eigenvalue weighted by Crippen LogP contribution is 2.21. The van der Waals surface area contributed by atoms with E-state index in [1.54, 1.807) is 12.1 Å². The Morgan fingerprint density at radius 2 is 1.73 bits per heavy atom. The van der Waals surface area contributed by atoms with Crippen molar-refractivity contribution in [3.05, 3.63) is 70.2 Å². The van der Waals surface area contributed by atoms with Crippen LogP contribution in [0.5, 0.6) is 0 Å². The van der Waals surface area contributed by atoms with Gasteiger partial charge < -0.3 is 14.8 Å². The highest BCUT2D eigenvalue weighted by Gasteiger charge is 2.31. The molecule has 0 saturated carbocycles. The molecule has 7 heteroatoms. The second-order valence-corrected chi connectivity index (χ2v) is 6.38. The summed E-state index contributed by atoms with van der Waals surface area (Å²) in [5.41, 5.74) is 0.911. The van der Waals surface area contributed by atoms with Gasteiger partial charge in [-0.3, -0.25) is 9.59 Å². The summed E-state index contributed by atoms with van der Waals surface area (Å²) in [6, 6.07) is 16.4. The normalized spacial score (nSPS) is 19.0. The summed E-state index contributed by atoms with van der Waals surface area (Å²) in [6.07, 6.45) is -0.855. The third-order valence-electron chi connectivity index (χ3n) is 3.66. The van der Waals surface area contributed by atoms with Gasteiger partial charge in [0.15, 0.2) is 0 Å². The van der Waals surface area contributed by atoms with Crippen LogP contribution in [0.2, 0.25) is 10.0 Å². The van der Waals surface area contributed by atoms with Crippen LogP contribution in [0, 0.1) is 0 Å². The highest BCUT2D eigenvalue weighted by molar-refractivity contribution is 6.30. The van der Waals surface area contributed by atoms with Crippen LogP contribution in [0.4, 0.5) is 0 Å². The Morgan fingerprint density at radius 3 is 2.23 bits per heavy atom. The first-order valence-electron chi connectivity index (χ1n) is 7.94. The van der Waals surface area contributed by atoms with E-state index >= 15 is 0 Å². The zero-order valence-corrected chi connectivity index (χ0v) is 15.7. The maximum absolute atomic E-state index is 11.8. The lowest BCUT2D eigenvalue weighted by Gasteiger charge is -2.29. The Bertz CT molecular complexity index is 722. The topological polar surface area (TPSA) is 64.6 Å². The van der Waals surface area contributed by atoms with Crippen LogP contribution < -0.4 is 5.32 Å². The molecule has 1 aliphatic heterocycles. The molecule has 0 bridgehead atoms. The van der Waals surface area contributed by atoms with Crippen LogP contribution >= 0.6 is 23.2 Å². The number of nitrogens with one attached hydrogen (secondary N) is 1. The number of carbonyl (C=O) groups is 2. The highest BCUT2D eigenvalue weighted by atomic mass is 35.5. The average molecular weight is 396 g/mol. The van der Waals surface area contributed by atoms with E-state index in [9.17, 15) is 9.59 Å². The van der Waals surface area contributed by atoms with Crippen molar-refractivity contribution in [3.63, 3.8) is 0 Å². The molecule has 26 heavy (non-hydrogen) atoms. The first-order valence-corrected chi connectivity index (χ1v) is 8.70. The molecule has 1 N–H and O–H groups in total. The predicted molar refractivity (Wildman–Crippen MR) is 100 cm³/mol.